The van der Waals surface area contributed by atoms with Crippen molar-refractivity contribution in [1.29, 1.82) is 0 Å². The van der Waals surface area contributed by atoms with E-state index in [9.17, 15) is 9.59 Å². The highest BCUT2D eigenvalue weighted by atomic mass is 16.1. The highest BCUT2D eigenvalue weighted by Gasteiger charge is 2.36. The molecule has 1 aliphatic rings. The molecule has 0 aliphatic heterocycles. The van der Waals surface area contributed by atoms with E-state index < -0.39 is 0 Å². The molecule has 1 aliphatic carbocycles. The van der Waals surface area contributed by atoms with E-state index in [1.807, 2.05) is 6.92 Å². The van der Waals surface area contributed by atoms with Gasteiger partial charge < -0.3 is 0 Å². The van der Waals surface area contributed by atoms with Crippen LogP contribution in [-0.2, 0) is 9.59 Å². The van der Waals surface area contributed by atoms with Gasteiger partial charge >= 0.3 is 0 Å². The highest BCUT2D eigenvalue weighted by molar-refractivity contribution is 5.90. The van der Waals surface area contributed by atoms with E-state index in [2.05, 4.69) is 13.8 Å². The summed E-state index contributed by atoms with van der Waals surface area (Å²) in [6.07, 6.45) is 5.12. The molecule has 0 saturated heterocycles. The molecule has 0 bridgehead atoms. The minimum Gasteiger partial charge on any atom is -0.299 e. The van der Waals surface area contributed by atoms with Crippen molar-refractivity contribution < 1.29 is 9.59 Å². The maximum atomic E-state index is 11.9. The average molecular weight is 208 g/mol. The molecule has 0 amide bonds. The fraction of sp³-hybridized carbons (Fsp3) is 0.692. The number of carbonyl (C=O) groups excluding carboxylic acids is 2. The normalized spacial score (nSPS) is 30.8. The second kappa shape index (κ2) is 4.30. The zero-order valence-corrected chi connectivity index (χ0v) is 10.0. The van der Waals surface area contributed by atoms with Gasteiger partial charge in [-0.25, -0.2) is 0 Å². The van der Waals surface area contributed by atoms with Gasteiger partial charge in [-0.05, 0) is 31.3 Å². The van der Waals surface area contributed by atoms with Gasteiger partial charge in [-0.2, -0.15) is 0 Å². The van der Waals surface area contributed by atoms with Crippen LogP contribution in [0.4, 0.5) is 0 Å². The van der Waals surface area contributed by atoms with Gasteiger partial charge in [-0.3, -0.25) is 9.59 Å². The van der Waals surface area contributed by atoms with Gasteiger partial charge in [0.15, 0.2) is 5.78 Å². The Hall–Kier alpha value is -0.920. The summed E-state index contributed by atoms with van der Waals surface area (Å²) in [5.74, 6) is 0.355. The second-order valence-electron chi connectivity index (χ2n) is 5.45. The van der Waals surface area contributed by atoms with Crippen LogP contribution in [0.2, 0.25) is 0 Å². The summed E-state index contributed by atoms with van der Waals surface area (Å²) in [4.78, 5) is 22.7. The molecule has 0 aromatic carbocycles. The van der Waals surface area contributed by atoms with Crippen LogP contribution in [0.5, 0.6) is 0 Å². The molecule has 0 aromatic rings. The minimum atomic E-state index is -0.0624. The minimum absolute atomic E-state index is 0.0128. The molecule has 15 heavy (non-hydrogen) atoms. The Bertz CT molecular complexity index is 300. The molecule has 84 valence electrons. The third-order valence-electron chi connectivity index (χ3n) is 3.05. The van der Waals surface area contributed by atoms with Crippen LogP contribution >= 0.6 is 0 Å². The van der Waals surface area contributed by atoms with Crippen molar-refractivity contribution >= 4 is 11.6 Å². The molecule has 2 nitrogen and oxygen atoms in total. The van der Waals surface area contributed by atoms with E-state index >= 15 is 0 Å². The zero-order chi connectivity index (χ0) is 11.6. The maximum Gasteiger partial charge on any atom is 0.152 e. The lowest BCUT2D eigenvalue weighted by Crippen LogP contribution is -2.35. The number of ketones is 2. The lowest BCUT2D eigenvalue weighted by molar-refractivity contribution is -0.129. The Morgan fingerprint density at radius 1 is 1.40 bits per heavy atom. The van der Waals surface area contributed by atoms with Gasteiger partial charge in [0.05, 0.1) is 0 Å². The van der Waals surface area contributed by atoms with Crippen molar-refractivity contribution in [1.82, 2.24) is 0 Å². The first-order valence-electron chi connectivity index (χ1n) is 5.54. The first-order valence-corrected chi connectivity index (χ1v) is 5.54. The molecule has 2 atom stereocenters. The largest absolute Gasteiger partial charge is 0.299 e. The summed E-state index contributed by atoms with van der Waals surface area (Å²) < 4.78 is 0. The molecule has 1 rings (SSSR count). The van der Waals surface area contributed by atoms with E-state index in [0.29, 0.717) is 0 Å². The van der Waals surface area contributed by atoms with E-state index in [4.69, 9.17) is 0 Å². The third kappa shape index (κ3) is 3.29. The van der Waals surface area contributed by atoms with E-state index in [1.54, 1.807) is 6.08 Å². The summed E-state index contributed by atoms with van der Waals surface area (Å²) in [6.45, 7) is 7.87. The van der Waals surface area contributed by atoms with Crippen molar-refractivity contribution in [3.05, 3.63) is 12.2 Å². The topological polar surface area (TPSA) is 34.1 Å². The van der Waals surface area contributed by atoms with Crippen LogP contribution < -0.4 is 0 Å². The molecule has 0 aromatic heterocycles. The molecule has 1 fully saturated rings. The van der Waals surface area contributed by atoms with Gasteiger partial charge in [0, 0.05) is 11.8 Å². The number of hydrogen-bond donors (Lipinski definition) is 0. The molecular weight excluding hydrogens is 188 g/mol. The van der Waals surface area contributed by atoms with Crippen LogP contribution in [0, 0.1) is 17.3 Å². The first-order chi connectivity index (χ1) is 6.82. The summed E-state index contributed by atoms with van der Waals surface area (Å²) in [5, 5.41) is 0. The predicted octanol–water partition coefficient (Wildman–Crippen LogP) is 2.77. The van der Waals surface area contributed by atoms with Crippen LogP contribution in [0.15, 0.2) is 12.2 Å². The molecule has 2 heteroatoms. The molecule has 1 saturated carbocycles. The molecule has 2 unspecified atom stereocenters. The van der Waals surface area contributed by atoms with Crippen LogP contribution in [0.3, 0.4) is 0 Å². The summed E-state index contributed by atoms with van der Waals surface area (Å²) in [7, 11) is 0. The van der Waals surface area contributed by atoms with Crippen molar-refractivity contribution in [2.24, 2.45) is 17.3 Å². The summed E-state index contributed by atoms with van der Waals surface area (Å²) in [6, 6.07) is 0. The van der Waals surface area contributed by atoms with Crippen molar-refractivity contribution in [3.63, 3.8) is 0 Å². The predicted molar refractivity (Wildman–Crippen MR) is 60.5 cm³/mol. The number of allylic oxidation sites excluding steroid dienone is 2. The standard InChI is InChI=1S/C13H20O2/c1-9-7-13(3,4)8-11(12(9)15)6-5-10(2)14/h5-6,9,11H,7-8H2,1-4H3/b6-5+. The van der Waals surface area contributed by atoms with Crippen molar-refractivity contribution in [2.75, 3.05) is 0 Å². The van der Waals surface area contributed by atoms with Crippen LogP contribution in [0.1, 0.15) is 40.5 Å². The van der Waals surface area contributed by atoms with Gasteiger partial charge in [0.1, 0.15) is 5.78 Å². The second-order valence-corrected chi connectivity index (χ2v) is 5.45. The molecule has 0 N–H and O–H groups in total. The zero-order valence-electron chi connectivity index (χ0n) is 10.0. The van der Waals surface area contributed by atoms with Crippen LogP contribution in [0.25, 0.3) is 0 Å². The quantitative estimate of drug-likeness (QED) is 0.654. The number of hydrogen-bond acceptors (Lipinski definition) is 2. The Balaban J connectivity index is 2.78. The number of carbonyl (C=O) groups is 2. The number of Topliss-reactive ketones (excluding diaryl/α,β-unsaturated/α-hetero) is 1. The summed E-state index contributed by atoms with van der Waals surface area (Å²) in [5.41, 5.74) is 0.207. The first kappa shape index (κ1) is 12.2. The summed E-state index contributed by atoms with van der Waals surface area (Å²) >= 11 is 0. The number of rotatable bonds is 2. The van der Waals surface area contributed by atoms with E-state index in [0.717, 1.165) is 12.8 Å². The van der Waals surface area contributed by atoms with E-state index in [-0.39, 0.29) is 28.8 Å². The molecule has 0 spiro atoms. The highest BCUT2D eigenvalue weighted by Crippen LogP contribution is 2.40. The van der Waals surface area contributed by atoms with Gasteiger partial charge in [0.2, 0.25) is 0 Å². The molecular formula is C13H20O2. The SMILES string of the molecule is CC(=O)/C=C/C1CC(C)(C)CC(C)C1=O. The third-order valence-corrected chi connectivity index (χ3v) is 3.05. The van der Waals surface area contributed by atoms with Crippen LogP contribution in [-0.4, -0.2) is 11.6 Å². The molecule has 0 heterocycles. The maximum absolute atomic E-state index is 11.9. The van der Waals surface area contributed by atoms with Crippen molar-refractivity contribution in [3.8, 4) is 0 Å². The van der Waals surface area contributed by atoms with Gasteiger partial charge in [0.25, 0.3) is 0 Å². The Kier molecular flexibility index (Phi) is 3.48. The Labute approximate surface area is 91.7 Å². The Morgan fingerprint density at radius 2 is 2.00 bits per heavy atom. The van der Waals surface area contributed by atoms with Crippen molar-refractivity contribution in [2.45, 2.75) is 40.5 Å². The monoisotopic (exact) mass is 208 g/mol. The fourth-order valence-electron chi connectivity index (χ4n) is 2.49. The Morgan fingerprint density at radius 3 is 2.53 bits per heavy atom. The lowest BCUT2D eigenvalue weighted by atomic mass is 9.67. The lowest BCUT2D eigenvalue weighted by Gasteiger charge is -2.36. The molecule has 0 radical (unpaired) electrons. The van der Waals surface area contributed by atoms with Gasteiger partial charge in [-0.15, -0.1) is 0 Å². The smallest absolute Gasteiger partial charge is 0.152 e. The van der Waals surface area contributed by atoms with Gasteiger partial charge in [-0.1, -0.05) is 26.8 Å². The fourth-order valence-corrected chi connectivity index (χ4v) is 2.49. The van der Waals surface area contributed by atoms with E-state index in [1.165, 1.54) is 13.0 Å². The average Bonchev–Trinajstić information content (AvgIpc) is 2.08.